The molecule has 6 nitrogen and oxygen atoms in total. The van der Waals surface area contributed by atoms with E-state index in [1.54, 1.807) is 6.20 Å². The lowest BCUT2D eigenvalue weighted by Gasteiger charge is -2.38. The third-order valence-corrected chi connectivity index (χ3v) is 3.38. The number of anilines is 1. The number of hydrogen-bond donors (Lipinski definition) is 2. The van der Waals surface area contributed by atoms with Gasteiger partial charge in [0.15, 0.2) is 5.69 Å². The van der Waals surface area contributed by atoms with Crippen molar-refractivity contribution < 1.29 is 0 Å². The smallest absolute Gasteiger partial charge is 0.161 e. The van der Waals surface area contributed by atoms with E-state index in [-0.39, 0.29) is 12.1 Å². The molecule has 2 heterocycles. The number of nitriles is 1. The normalized spacial score (nSPS) is 22.2. The van der Waals surface area contributed by atoms with E-state index in [9.17, 15) is 0 Å². The third kappa shape index (κ3) is 3.40. The van der Waals surface area contributed by atoms with Crippen LogP contribution in [0.2, 0.25) is 0 Å². The van der Waals surface area contributed by atoms with Crippen LogP contribution in [0.15, 0.2) is 6.20 Å². The highest BCUT2D eigenvalue weighted by Gasteiger charge is 2.26. The molecule has 2 unspecified atom stereocenters. The van der Waals surface area contributed by atoms with Gasteiger partial charge in [-0.25, -0.2) is 9.97 Å². The second kappa shape index (κ2) is 7.02. The number of aryl methyl sites for hydroxylation is 1. The lowest BCUT2D eigenvalue weighted by molar-refractivity contribution is 0.418. The van der Waals surface area contributed by atoms with E-state index in [4.69, 9.17) is 11.0 Å². The van der Waals surface area contributed by atoms with Crippen molar-refractivity contribution in [3.8, 4) is 6.07 Å². The predicted octanol–water partition coefficient (Wildman–Crippen LogP) is 0.548. The van der Waals surface area contributed by atoms with Gasteiger partial charge in [-0.05, 0) is 33.7 Å². The largest absolute Gasteiger partial charge is 0.351 e. The van der Waals surface area contributed by atoms with Gasteiger partial charge < -0.3 is 16.4 Å². The van der Waals surface area contributed by atoms with E-state index in [1.165, 1.54) is 7.05 Å². The van der Waals surface area contributed by atoms with E-state index < -0.39 is 0 Å². The number of rotatable bonds is 1. The molecule has 0 spiro atoms. The van der Waals surface area contributed by atoms with Gasteiger partial charge in [0.05, 0.1) is 11.9 Å². The second-order valence-corrected chi connectivity index (χ2v) is 4.51. The highest BCUT2D eigenvalue weighted by atomic mass is 15.2. The van der Waals surface area contributed by atoms with E-state index in [0.717, 1.165) is 25.2 Å². The van der Waals surface area contributed by atoms with Crippen LogP contribution in [-0.2, 0) is 0 Å². The molecule has 0 aromatic carbocycles. The molecule has 0 amide bonds. The molecular formula is C13H22N6. The van der Waals surface area contributed by atoms with Gasteiger partial charge in [-0.1, -0.05) is 0 Å². The highest BCUT2D eigenvalue weighted by molar-refractivity contribution is 5.42. The number of aromatic nitrogens is 2. The zero-order valence-electron chi connectivity index (χ0n) is 11.8. The van der Waals surface area contributed by atoms with Gasteiger partial charge in [-0.2, -0.15) is 5.26 Å². The Hall–Kier alpha value is -1.71. The van der Waals surface area contributed by atoms with Crippen molar-refractivity contribution in [2.75, 3.05) is 18.5 Å². The Balaban J connectivity index is 0.000000861. The number of nitrogens with zero attached hydrogens (tertiary/aromatic N) is 4. The summed E-state index contributed by atoms with van der Waals surface area (Å²) in [7, 11) is 1.50. The van der Waals surface area contributed by atoms with Crippen molar-refractivity contribution >= 4 is 5.82 Å². The van der Waals surface area contributed by atoms with Crippen LogP contribution in [0.4, 0.5) is 5.82 Å². The van der Waals surface area contributed by atoms with Crippen LogP contribution in [-0.4, -0.2) is 35.6 Å². The Bertz CT molecular complexity index is 453. The number of nitrogens with two attached hydrogens (primary N) is 2. The van der Waals surface area contributed by atoms with Crippen LogP contribution in [0.1, 0.15) is 31.2 Å². The number of hydrogen-bond acceptors (Lipinski definition) is 6. The summed E-state index contributed by atoms with van der Waals surface area (Å²) in [6.07, 6.45) is 3.80. The highest BCUT2D eigenvalue weighted by Crippen LogP contribution is 2.22. The zero-order valence-corrected chi connectivity index (χ0v) is 11.8. The summed E-state index contributed by atoms with van der Waals surface area (Å²) in [6.45, 7) is 4.87. The van der Waals surface area contributed by atoms with Crippen LogP contribution in [0, 0.1) is 18.3 Å². The summed E-state index contributed by atoms with van der Waals surface area (Å²) in [6, 6.07) is 2.48. The maximum Gasteiger partial charge on any atom is 0.161 e. The molecule has 0 bridgehead atoms. The van der Waals surface area contributed by atoms with E-state index in [1.807, 2.05) is 13.0 Å². The van der Waals surface area contributed by atoms with Crippen LogP contribution < -0.4 is 16.4 Å². The second-order valence-electron chi connectivity index (χ2n) is 4.51. The molecule has 1 fully saturated rings. The van der Waals surface area contributed by atoms with Crippen LogP contribution in [0.3, 0.4) is 0 Å². The summed E-state index contributed by atoms with van der Waals surface area (Å²) >= 11 is 0. The van der Waals surface area contributed by atoms with E-state index in [0.29, 0.717) is 11.4 Å². The average Bonchev–Trinajstić information content (AvgIpc) is 2.44. The van der Waals surface area contributed by atoms with Gasteiger partial charge >= 0.3 is 0 Å². The minimum atomic E-state index is 0.182. The van der Waals surface area contributed by atoms with E-state index >= 15 is 0 Å². The minimum absolute atomic E-state index is 0.182. The van der Waals surface area contributed by atoms with Gasteiger partial charge in [0.25, 0.3) is 0 Å². The van der Waals surface area contributed by atoms with Gasteiger partial charge in [0.1, 0.15) is 11.9 Å². The molecule has 0 saturated carbocycles. The van der Waals surface area contributed by atoms with Crippen molar-refractivity contribution in [1.82, 2.24) is 9.97 Å². The number of piperidine rings is 1. The molecule has 1 aliphatic rings. The van der Waals surface area contributed by atoms with Crippen molar-refractivity contribution in [2.45, 2.75) is 38.8 Å². The molecule has 104 valence electrons. The van der Waals surface area contributed by atoms with Crippen molar-refractivity contribution in [2.24, 2.45) is 11.5 Å². The molecule has 1 aromatic heterocycles. The SMILES string of the molecule is CN.Cc1nc(N2CCCC(N)C2C)cnc1C#N. The lowest BCUT2D eigenvalue weighted by Crippen LogP contribution is -2.50. The van der Waals surface area contributed by atoms with Crippen LogP contribution in [0.25, 0.3) is 0 Å². The molecule has 1 aromatic rings. The summed E-state index contributed by atoms with van der Waals surface area (Å²) in [5, 5.41) is 8.83. The first kappa shape index (κ1) is 15.3. The molecule has 2 atom stereocenters. The quantitative estimate of drug-likeness (QED) is 0.765. The Morgan fingerprint density at radius 1 is 1.47 bits per heavy atom. The first-order valence-electron chi connectivity index (χ1n) is 6.47. The van der Waals surface area contributed by atoms with Crippen LogP contribution >= 0.6 is 0 Å². The predicted molar refractivity (Wildman–Crippen MR) is 75.6 cm³/mol. The molecule has 1 saturated heterocycles. The molecule has 1 aliphatic heterocycles. The van der Waals surface area contributed by atoms with Crippen molar-refractivity contribution in [3.05, 3.63) is 17.6 Å². The van der Waals surface area contributed by atoms with Crippen molar-refractivity contribution in [1.29, 1.82) is 5.26 Å². The summed E-state index contributed by atoms with van der Waals surface area (Å²) in [5.74, 6) is 0.823. The van der Waals surface area contributed by atoms with Gasteiger partial charge in [0.2, 0.25) is 0 Å². The molecule has 0 aliphatic carbocycles. The Labute approximate surface area is 114 Å². The molecular weight excluding hydrogens is 240 g/mol. The molecule has 6 heteroatoms. The van der Waals surface area contributed by atoms with E-state index in [2.05, 4.69) is 27.5 Å². The fraction of sp³-hybridized carbons (Fsp3) is 0.615. The van der Waals surface area contributed by atoms with Crippen LogP contribution in [0.5, 0.6) is 0 Å². The molecule has 2 rings (SSSR count). The topological polar surface area (TPSA) is 105 Å². The molecule has 4 N–H and O–H groups in total. The Kier molecular flexibility index (Phi) is 5.67. The first-order valence-corrected chi connectivity index (χ1v) is 6.47. The third-order valence-electron chi connectivity index (χ3n) is 3.38. The lowest BCUT2D eigenvalue weighted by atomic mass is 9.98. The Morgan fingerprint density at radius 3 is 2.74 bits per heavy atom. The fourth-order valence-corrected chi connectivity index (χ4v) is 2.21. The molecule has 19 heavy (non-hydrogen) atoms. The first-order chi connectivity index (χ1) is 9.13. The summed E-state index contributed by atoms with van der Waals surface area (Å²) in [5.41, 5.74) is 11.6. The van der Waals surface area contributed by atoms with Crippen molar-refractivity contribution in [3.63, 3.8) is 0 Å². The standard InChI is InChI=1S/C12H17N5.CH5N/c1-8-11(6-13)15-7-12(16-8)17-5-3-4-10(14)9(17)2;1-2/h7,9-10H,3-5,14H2,1-2H3;2H2,1H3. The summed E-state index contributed by atoms with van der Waals surface area (Å²) in [4.78, 5) is 10.7. The monoisotopic (exact) mass is 262 g/mol. The average molecular weight is 262 g/mol. The maximum absolute atomic E-state index is 8.83. The van der Waals surface area contributed by atoms with Gasteiger partial charge in [0, 0.05) is 18.6 Å². The zero-order chi connectivity index (χ0) is 14.4. The van der Waals surface area contributed by atoms with Gasteiger partial charge in [-0.3, -0.25) is 0 Å². The molecule has 0 radical (unpaired) electrons. The fourth-order valence-electron chi connectivity index (χ4n) is 2.21. The maximum atomic E-state index is 8.83. The Morgan fingerprint density at radius 2 is 2.16 bits per heavy atom. The minimum Gasteiger partial charge on any atom is -0.351 e. The summed E-state index contributed by atoms with van der Waals surface area (Å²) < 4.78 is 0. The van der Waals surface area contributed by atoms with Gasteiger partial charge in [-0.15, -0.1) is 0 Å².